The standard InChI is InChI=1S/C22H20F2N4OS2/c23-16-8-4-7-15(19(16)24)20-27-28(21-26-17-9-11-25-13-18(17)30-21)22(31-20,10-12-29)14-5-2-1-3-6-14/h1-8,25,29H,9-13H2. The lowest BCUT2D eigenvalue weighted by Gasteiger charge is -2.35. The molecule has 0 spiro atoms. The molecular formula is C22H20F2N4OS2. The lowest BCUT2D eigenvalue weighted by molar-refractivity contribution is 0.266. The molecule has 2 aliphatic rings. The van der Waals surface area contributed by atoms with Crippen LogP contribution in [0, 0.1) is 11.6 Å². The molecule has 3 aromatic rings. The Morgan fingerprint density at radius 3 is 2.74 bits per heavy atom. The van der Waals surface area contributed by atoms with Gasteiger partial charge in [0, 0.05) is 43.0 Å². The van der Waals surface area contributed by atoms with Crippen molar-refractivity contribution in [1.82, 2.24) is 10.3 Å². The van der Waals surface area contributed by atoms with E-state index in [9.17, 15) is 13.9 Å². The van der Waals surface area contributed by atoms with Gasteiger partial charge in [-0.1, -0.05) is 59.5 Å². The number of nitrogens with zero attached hydrogens (tertiary/aromatic N) is 3. The molecule has 0 amide bonds. The fourth-order valence-corrected chi connectivity index (χ4v) is 6.43. The first kappa shape index (κ1) is 20.6. The highest BCUT2D eigenvalue weighted by atomic mass is 32.2. The van der Waals surface area contributed by atoms with E-state index >= 15 is 0 Å². The Balaban J connectivity index is 1.67. The summed E-state index contributed by atoms with van der Waals surface area (Å²) in [6, 6.07) is 13.8. The van der Waals surface area contributed by atoms with Crippen LogP contribution in [0.15, 0.2) is 53.6 Å². The van der Waals surface area contributed by atoms with Gasteiger partial charge in [0.25, 0.3) is 0 Å². The maximum atomic E-state index is 14.7. The number of fused-ring (bicyclic) bond motifs is 1. The number of rotatable bonds is 5. The van der Waals surface area contributed by atoms with Crippen LogP contribution < -0.4 is 10.3 Å². The minimum absolute atomic E-state index is 0.0977. The highest BCUT2D eigenvalue weighted by Gasteiger charge is 2.48. The van der Waals surface area contributed by atoms with Crippen LogP contribution in [0.25, 0.3) is 0 Å². The summed E-state index contributed by atoms with van der Waals surface area (Å²) in [6.45, 7) is 1.52. The third-order valence-corrected chi connectivity index (χ3v) is 7.95. The molecule has 0 saturated heterocycles. The summed E-state index contributed by atoms with van der Waals surface area (Å²) < 4.78 is 28.6. The lowest BCUT2D eigenvalue weighted by atomic mass is 10.0. The first-order valence-electron chi connectivity index (χ1n) is 10.0. The van der Waals surface area contributed by atoms with Crippen LogP contribution in [-0.4, -0.2) is 28.3 Å². The minimum atomic E-state index is -0.927. The average molecular weight is 459 g/mol. The Kier molecular flexibility index (Phi) is 5.51. The maximum absolute atomic E-state index is 14.7. The summed E-state index contributed by atoms with van der Waals surface area (Å²) in [4.78, 5) is 5.17. The monoisotopic (exact) mass is 458 g/mol. The Morgan fingerprint density at radius 2 is 1.97 bits per heavy atom. The van der Waals surface area contributed by atoms with Gasteiger partial charge in [0.15, 0.2) is 11.6 Å². The molecule has 0 fully saturated rings. The van der Waals surface area contributed by atoms with Crippen LogP contribution >= 0.6 is 23.1 Å². The fraction of sp³-hybridized carbons (Fsp3) is 0.273. The molecular weight excluding hydrogens is 438 g/mol. The zero-order valence-corrected chi connectivity index (χ0v) is 18.1. The van der Waals surface area contributed by atoms with Crippen molar-refractivity contribution in [2.24, 2.45) is 5.10 Å². The molecule has 160 valence electrons. The van der Waals surface area contributed by atoms with E-state index in [2.05, 4.69) is 5.32 Å². The van der Waals surface area contributed by atoms with Gasteiger partial charge in [-0.3, -0.25) is 0 Å². The summed E-state index contributed by atoms with van der Waals surface area (Å²) in [7, 11) is 0. The number of thioether (sulfide) groups is 1. The minimum Gasteiger partial charge on any atom is -0.396 e. The molecule has 1 unspecified atom stereocenters. The normalized spacial score (nSPS) is 20.6. The molecule has 1 atom stereocenters. The molecule has 0 saturated carbocycles. The zero-order chi connectivity index (χ0) is 21.4. The van der Waals surface area contributed by atoms with E-state index in [4.69, 9.17) is 10.1 Å². The number of anilines is 1. The van der Waals surface area contributed by atoms with Gasteiger partial charge in [-0.25, -0.2) is 18.8 Å². The second-order valence-corrected chi connectivity index (χ2v) is 9.67. The van der Waals surface area contributed by atoms with Gasteiger partial charge >= 0.3 is 0 Å². The van der Waals surface area contributed by atoms with Crippen LogP contribution in [0.1, 0.15) is 28.1 Å². The van der Waals surface area contributed by atoms with E-state index in [0.29, 0.717) is 16.6 Å². The van der Waals surface area contributed by atoms with Crippen LogP contribution in [0.4, 0.5) is 13.9 Å². The molecule has 31 heavy (non-hydrogen) atoms. The molecule has 0 aliphatic carbocycles. The van der Waals surface area contributed by atoms with Gasteiger partial charge in [0.2, 0.25) is 5.13 Å². The van der Waals surface area contributed by atoms with Gasteiger partial charge in [-0.05, 0) is 17.7 Å². The molecule has 0 radical (unpaired) electrons. The molecule has 2 N–H and O–H groups in total. The molecule has 5 rings (SSSR count). The highest BCUT2D eigenvalue weighted by Crippen LogP contribution is 2.52. The van der Waals surface area contributed by atoms with E-state index in [1.807, 2.05) is 30.3 Å². The van der Waals surface area contributed by atoms with Crippen molar-refractivity contribution in [2.45, 2.75) is 24.3 Å². The van der Waals surface area contributed by atoms with Crippen molar-refractivity contribution in [3.8, 4) is 0 Å². The van der Waals surface area contributed by atoms with Crippen molar-refractivity contribution >= 4 is 33.3 Å². The number of aromatic nitrogens is 1. The van der Waals surface area contributed by atoms with Gasteiger partial charge in [0.1, 0.15) is 9.91 Å². The Bertz CT molecular complexity index is 1110. The van der Waals surface area contributed by atoms with Gasteiger partial charge in [-0.2, -0.15) is 5.10 Å². The molecule has 2 aliphatic heterocycles. The van der Waals surface area contributed by atoms with Gasteiger partial charge < -0.3 is 10.4 Å². The predicted molar refractivity (Wildman–Crippen MR) is 120 cm³/mol. The van der Waals surface area contributed by atoms with Crippen LogP contribution in [-0.2, 0) is 17.8 Å². The Hall–Kier alpha value is -2.33. The SMILES string of the molecule is OCCC1(c2ccccc2)SC(c2cccc(F)c2F)=NN1c1nc2c(s1)CNCC2. The fourth-order valence-electron chi connectivity index (χ4n) is 3.91. The van der Waals surface area contributed by atoms with Crippen LogP contribution in [0.2, 0.25) is 0 Å². The number of aliphatic hydroxyl groups excluding tert-OH is 1. The van der Waals surface area contributed by atoms with Gasteiger partial charge in [-0.15, -0.1) is 0 Å². The Morgan fingerprint density at radius 1 is 1.13 bits per heavy atom. The largest absolute Gasteiger partial charge is 0.396 e. The molecule has 5 nitrogen and oxygen atoms in total. The second kappa shape index (κ2) is 8.31. The zero-order valence-electron chi connectivity index (χ0n) is 16.5. The molecule has 9 heteroatoms. The number of thiazole rings is 1. The topological polar surface area (TPSA) is 60.8 Å². The summed E-state index contributed by atoms with van der Waals surface area (Å²) in [5.74, 6) is -1.84. The van der Waals surface area contributed by atoms with Gasteiger partial charge in [0.05, 0.1) is 5.69 Å². The van der Waals surface area contributed by atoms with E-state index < -0.39 is 16.5 Å². The number of hydrogen-bond donors (Lipinski definition) is 2. The van der Waals surface area contributed by atoms with E-state index in [1.54, 1.807) is 16.3 Å². The van der Waals surface area contributed by atoms with Crippen molar-refractivity contribution < 1.29 is 13.9 Å². The number of hydrazone groups is 1. The average Bonchev–Trinajstić information content (AvgIpc) is 3.39. The number of benzene rings is 2. The van der Waals surface area contributed by atoms with Crippen LogP contribution in [0.3, 0.4) is 0 Å². The predicted octanol–water partition coefficient (Wildman–Crippen LogP) is 4.22. The second-order valence-electron chi connectivity index (χ2n) is 7.34. The Labute approximate surface area is 186 Å². The number of halogens is 2. The first-order chi connectivity index (χ1) is 15.1. The first-order valence-corrected chi connectivity index (χ1v) is 11.6. The molecule has 1 aromatic heterocycles. The third-order valence-electron chi connectivity index (χ3n) is 5.43. The van der Waals surface area contributed by atoms with Crippen molar-refractivity contribution in [3.63, 3.8) is 0 Å². The van der Waals surface area contributed by atoms with Crippen molar-refractivity contribution in [2.75, 3.05) is 18.2 Å². The summed E-state index contributed by atoms with van der Waals surface area (Å²) in [5, 5.41) is 20.9. The van der Waals surface area contributed by atoms with Crippen molar-refractivity contribution in [3.05, 3.63) is 81.9 Å². The third kappa shape index (κ3) is 3.55. The lowest BCUT2D eigenvalue weighted by Crippen LogP contribution is -2.38. The summed E-state index contributed by atoms with van der Waals surface area (Å²) >= 11 is 2.86. The van der Waals surface area contributed by atoms with E-state index in [0.717, 1.165) is 41.7 Å². The molecule has 2 aromatic carbocycles. The molecule has 3 heterocycles. The number of aliphatic hydroxyl groups is 1. The van der Waals surface area contributed by atoms with E-state index in [1.165, 1.54) is 23.9 Å². The van der Waals surface area contributed by atoms with Crippen molar-refractivity contribution in [1.29, 1.82) is 0 Å². The maximum Gasteiger partial charge on any atom is 0.208 e. The summed E-state index contributed by atoms with van der Waals surface area (Å²) in [6.07, 6.45) is 1.17. The van der Waals surface area contributed by atoms with E-state index in [-0.39, 0.29) is 12.2 Å². The molecule has 0 bridgehead atoms. The highest BCUT2D eigenvalue weighted by molar-refractivity contribution is 8.15. The number of nitrogens with one attached hydrogen (secondary N) is 1. The summed E-state index contributed by atoms with van der Waals surface area (Å²) in [5.41, 5.74) is 2.06. The van der Waals surface area contributed by atoms with Crippen LogP contribution in [0.5, 0.6) is 0 Å². The number of hydrogen-bond acceptors (Lipinski definition) is 7. The smallest absolute Gasteiger partial charge is 0.208 e. The quantitative estimate of drug-likeness (QED) is 0.600.